The van der Waals surface area contributed by atoms with E-state index in [9.17, 15) is 14.0 Å². The van der Waals surface area contributed by atoms with Gasteiger partial charge in [-0.2, -0.15) is 0 Å². The molecule has 2 rings (SSSR count). The molecule has 0 aliphatic carbocycles. The van der Waals surface area contributed by atoms with Gasteiger partial charge in [-0.15, -0.1) is 22.9 Å². The molecule has 0 saturated heterocycles. The molecule has 1 heterocycles. The van der Waals surface area contributed by atoms with E-state index in [4.69, 9.17) is 11.6 Å². The van der Waals surface area contributed by atoms with Crippen molar-refractivity contribution in [2.24, 2.45) is 5.41 Å². The molecule has 0 spiro atoms. The summed E-state index contributed by atoms with van der Waals surface area (Å²) in [6, 6.07) is 8.18. The Balaban J connectivity index is 2.24. The highest BCUT2D eigenvalue weighted by atomic mass is 35.5. The molecular weight excluding hydrogens is 423 g/mol. The summed E-state index contributed by atoms with van der Waals surface area (Å²) in [4.78, 5) is 30.7. The molecule has 2 amide bonds. The Labute approximate surface area is 187 Å². The number of alkyl halides is 1. The minimum absolute atomic E-state index is 0.00138. The maximum atomic E-state index is 13.3. The third-order valence-corrected chi connectivity index (χ3v) is 6.64. The van der Waals surface area contributed by atoms with E-state index in [1.54, 1.807) is 47.1 Å². The topological polar surface area (TPSA) is 40.6 Å². The minimum Gasteiger partial charge on any atom is -0.333 e. The van der Waals surface area contributed by atoms with Crippen molar-refractivity contribution in [2.75, 3.05) is 19.0 Å². The number of aryl methyl sites for hydroxylation is 1. The Morgan fingerprint density at radius 2 is 1.77 bits per heavy atom. The maximum Gasteiger partial charge on any atom is 0.242 e. The predicted octanol–water partition coefficient (Wildman–Crippen LogP) is 5.23. The molecule has 1 aromatic carbocycles. The summed E-state index contributed by atoms with van der Waals surface area (Å²) in [7, 11) is 0. The first-order chi connectivity index (χ1) is 14.2. The van der Waals surface area contributed by atoms with Gasteiger partial charge in [0, 0.05) is 23.8 Å². The van der Waals surface area contributed by atoms with Gasteiger partial charge in [-0.25, -0.2) is 4.39 Å². The van der Waals surface area contributed by atoms with Crippen LogP contribution in [0.3, 0.4) is 0 Å². The number of halogens is 2. The van der Waals surface area contributed by atoms with Crippen molar-refractivity contribution in [2.45, 2.75) is 47.2 Å². The molecule has 0 N–H and O–H groups in total. The van der Waals surface area contributed by atoms with Gasteiger partial charge in [-0.05, 0) is 61.9 Å². The summed E-state index contributed by atoms with van der Waals surface area (Å²) in [5.74, 6) is -0.386. The van der Waals surface area contributed by atoms with Crippen LogP contribution in [-0.2, 0) is 22.7 Å². The minimum atomic E-state index is -0.733. The smallest absolute Gasteiger partial charge is 0.242 e. The zero-order chi connectivity index (χ0) is 22.3. The summed E-state index contributed by atoms with van der Waals surface area (Å²) in [5, 5.41) is 2.00. The highest BCUT2D eigenvalue weighted by Crippen LogP contribution is 2.23. The van der Waals surface area contributed by atoms with E-state index in [1.165, 1.54) is 12.1 Å². The van der Waals surface area contributed by atoms with E-state index in [0.29, 0.717) is 19.6 Å². The molecule has 1 aromatic heterocycles. The zero-order valence-electron chi connectivity index (χ0n) is 18.1. The van der Waals surface area contributed by atoms with Gasteiger partial charge in [0.1, 0.15) is 5.82 Å². The lowest BCUT2D eigenvalue weighted by Crippen LogP contribution is -2.47. The van der Waals surface area contributed by atoms with Crippen molar-refractivity contribution in [1.82, 2.24) is 9.80 Å². The first-order valence-electron chi connectivity index (χ1n) is 10.1. The number of thiophene rings is 1. The molecule has 0 aliphatic rings. The SMILES string of the molecule is CCCN(CC(=O)N(Cc1ccc(F)cc1)Cc1sccc1C)C(=O)C(C)(C)CCl. The van der Waals surface area contributed by atoms with Crippen molar-refractivity contribution in [1.29, 1.82) is 0 Å². The van der Waals surface area contributed by atoms with Crippen LogP contribution >= 0.6 is 22.9 Å². The monoisotopic (exact) mass is 452 g/mol. The van der Waals surface area contributed by atoms with E-state index >= 15 is 0 Å². The van der Waals surface area contributed by atoms with Gasteiger partial charge in [0.15, 0.2) is 0 Å². The quantitative estimate of drug-likeness (QED) is 0.463. The first kappa shape index (κ1) is 24.4. The van der Waals surface area contributed by atoms with Crippen LogP contribution in [-0.4, -0.2) is 40.6 Å². The van der Waals surface area contributed by atoms with E-state index < -0.39 is 5.41 Å². The number of rotatable bonds is 10. The highest BCUT2D eigenvalue weighted by molar-refractivity contribution is 7.10. The van der Waals surface area contributed by atoms with Gasteiger partial charge in [0.25, 0.3) is 0 Å². The van der Waals surface area contributed by atoms with Gasteiger partial charge in [0.2, 0.25) is 11.8 Å². The van der Waals surface area contributed by atoms with Crippen molar-refractivity contribution in [3.63, 3.8) is 0 Å². The number of carbonyl (C=O) groups is 2. The van der Waals surface area contributed by atoms with Crippen LogP contribution in [0.2, 0.25) is 0 Å². The van der Waals surface area contributed by atoms with Crippen LogP contribution in [0.4, 0.5) is 4.39 Å². The van der Waals surface area contributed by atoms with E-state index in [-0.39, 0.29) is 30.1 Å². The standard InChI is InChI=1S/C23H30ClFN2O2S/c1-5-11-26(22(29)23(3,4)16-24)15-21(28)27(14-20-17(2)10-12-30-20)13-18-6-8-19(25)9-7-18/h6-10,12H,5,11,13-16H2,1-4H3. The van der Waals surface area contributed by atoms with Gasteiger partial charge in [-0.1, -0.05) is 19.1 Å². The molecular formula is C23H30ClFN2O2S. The van der Waals surface area contributed by atoms with Crippen molar-refractivity contribution in [3.05, 3.63) is 57.5 Å². The van der Waals surface area contributed by atoms with Crippen LogP contribution in [0.1, 0.15) is 43.2 Å². The number of hydrogen-bond acceptors (Lipinski definition) is 3. The lowest BCUT2D eigenvalue weighted by Gasteiger charge is -2.32. The van der Waals surface area contributed by atoms with Crippen molar-refractivity contribution >= 4 is 34.8 Å². The van der Waals surface area contributed by atoms with E-state index in [0.717, 1.165) is 22.4 Å². The maximum absolute atomic E-state index is 13.3. The molecule has 2 aromatic rings. The Bertz CT molecular complexity index is 851. The Morgan fingerprint density at radius 1 is 1.10 bits per heavy atom. The summed E-state index contributed by atoms with van der Waals surface area (Å²) in [6.07, 6.45) is 0.749. The number of hydrogen-bond donors (Lipinski definition) is 0. The molecule has 0 radical (unpaired) electrons. The third-order valence-electron chi connectivity index (χ3n) is 4.96. The first-order valence-corrected chi connectivity index (χ1v) is 11.5. The van der Waals surface area contributed by atoms with Crippen molar-refractivity contribution < 1.29 is 14.0 Å². The van der Waals surface area contributed by atoms with Gasteiger partial charge in [0.05, 0.1) is 18.5 Å². The fourth-order valence-electron chi connectivity index (χ4n) is 3.05. The van der Waals surface area contributed by atoms with Crippen LogP contribution in [0.15, 0.2) is 35.7 Å². The second-order valence-corrected chi connectivity index (χ2v) is 9.42. The second-order valence-electron chi connectivity index (χ2n) is 8.15. The zero-order valence-corrected chi connectivity index (χ0v) is 19.7. The summed E-state index contributed by atoms with van der Waals surface area (Å²) in [6.45, 7) is 8.87. The summed E-state index contributed by atoms with van der Waals surface area (Å²) < 4.78 is 13.3. The molecule has 4 nitrogen and oxygen atoms in total. The number of carbonyl (C=O) groups excluding carboxylic acids is 2. The molecule has 0 saturated carbocycles. The van der Waals surface area contributed by atoms with Gasteiger partial charge in [-0.3, -0.25) is 9.59 Å². The van der Waals surface area contributed by atoms with Crippen LogP contribution in [0.25, 0.3) is 0 Å². The van der Waals surface area contributed by atoms with Gasteiger partial charge < -0.3 is 9.80 Å². The fraction of sp³-hybridized carbons (Fsp3) is 0.478. The molecule has 0 bridgehead atoms. The molecule has 0 unspecified atom stereocenters. The molecule has 0 aliphatic heterocycles. The number of benzene rings is 1. The number of nitrogens with zero attached hydrogens (tertiary/aromatic N) is 2. The Morgan fingerprint density at radius 3 is 2.30 bits per heavy atom. The average Bonchev–Trinajstić information content (AvgIpc) is 3.12. The van der Waals surface area contributed by atoms with E-state index in [1.807, 2.05) is 25.3 Å². The normalized spacial score (nSPS) is 11.4. The predicted molar refractivity (Wildman–Crippen MR) is 121 cm³/mol. The highest BCUT2D eigenvalue weighted by Gasteiger charge is 2.32. The molecule has 7 heteroatoms. The Kier molecular flexibility index (Phi) is 8.86. The fourth-order valence-corrected chi connectivity index (χ4v) is 4.09. The molecule has 30 heavy (non-hydrogen) atoms. The lowest BCUT2D eigenvalue weighted by atomic mass is 9.94. The largest absolute Gasteiger partial charge is 0.333 e. The second kappa shape index (κ2) is 10.9. The van der Waals surface area contributed by atoms with Crippen LogP contribution in [0, 0.1) is 18.2 Å². The molecule has 164 valence electrons. The summed E-state index contributed by atoms with van der Waals surface area (Å²) >= 11 is 7.59. The average molecular weight is 453 g/mol. The van der Waals surface area contributed by atoms with Crippen LogP contribution in [0.5, 0.6) is 0 Å². The van der Waals surface area contributed by atoms with Gasteiger partial charge >= 0.3 is 0 Å². The van der Waals surface area contributed by atoms with Crippen molar-refractivity contribution in [3.8, 4) is 0 Å². The summed E-state index contributed by atoms with van der Waals surface area (Å²) in [5.41, 5.74) is 1.23. The molecule has 0 fully saturated rings. The lowest BCUT2D eigenvalue weighted by molar-refractivity contribution is -0.145. The van der Waals surface area contributed by atoms with E-state index in [2.05, 4.69) is 0 Å². The third kappa shape index (κ3) is 6.54. The Hall–Kier alpha value is -1.92. The molecule has 0 atom stereocenters. The van der Waals surface area contributed by atoms with Crippen LogP contribution < -0.4 is 0 Å². The number of amides is 2.